The Kier molecular flexibility index (Phi) is 6.15. The molecule has 0 unspecified atom stereocenters. The third kappa shape index (κ3) is 4.76. The van der Waals surface area contributed by atoms with E-state index in [9.17, 15) is 22.4 Å². The van der Waals surface area contributed by atoms with Crippen molar-refractivity contribution in [1.29, 1.82) is 0 Å². The third-order valence-electron chi connectivity index (χ3n) is 6.25. The van der Waals surface area contributed by atoms with Gasteiger partial charge < -0.3 is 4.57 Å². The van der Waals surface area contributed by atoms with Crippen LogP contribution >= 0.6 is 0 Å². The molecule has 37 heavy (non-hydrogen) atoms. The molecule has 0 aliphatic rings. The summed E-state index contributed by atoms with van der Waals surface area (Å²) in [7, 11) is 0. The molecule has 0 saturated carbocycles. The van der Waals surface area contributed by atoms with E-state index >= 15 is 0 Å². The van der Waals surface area contributed by atoms with Crippen molar-refractivity contribution in [3.8, 4) is 5.69 Å². The van der Waals surface area contributed by atoms with E-state index in [0.717, 1.165) is 12.1 Å². The van der Waals surface area contributed by atoms with Crippen LogP contribution in [0.2, 0.25) is 0 Å². The molecule has 0 aliphatic carbocycles. The monoisotopic (exact) mass is 506 g/mol. The fourth-order valence-corrected chi connectivity index (χ4v) is 4.42. The molecule has 0 fully saturated rings. The first-order valence-electron chi connectivity index (χ1n) is 11.6. The summed E-state index contributed by atoms with van der Waals surface area (Å²) in [6.07, 6.45) is -2.31. The fraction of sp³-hybridized carbons (Fsp3) is 0.179. The predicted molar refractivity (Wildman–Crippen MR) is 132 cm³/mol. The van der Waals surface area contributed by atoms with Gasteiger partial charge >= 0.3 is 6.18 Å². The maximum Gasteiger partial charge on any atom is 0.416 e. The number of nitrogens with zero attached hydrogens (tertiary/aromatic N) is 4. The lowest BCUT2D eigenvalue weighted by molar-refractivity contribution is -0.137. The zero-order valence-electron chi connectivity index (χ0n) is 20.0. The summed E-state index contributed by atoms with van der Waals surface area (Å²) in [6.45, 7) is 3.69. The first kappa shape index (κ1) is 24.4. The van der Waals surface area contributed by atoms with Crippen LogP contribution in [-0.2, 0) is 12.6 Å². The fourth-order valence-electron chi connectivity index (χ4n) is 4.42. The van der Waals surface area contributed by atoms with E-state index in [1.165, 1.54) is 41.0 Å². The van der Waals surface area contributed by atoms with Crippen LogP contribution in [0.25, 0.3) is 16.6 Å². The Balaban J connectivity index is 1.61. The molecule has 0 aliphatic heterocycles. The quantitative estimate of drug-likeness (QED) is 0.265. The van der Waals surface area contributed by atoms with Crippen LogP contribution in [0.3, 0.4) is 0 Å². The lowest BCUT2D eigenvalue weighted by Crippen LogP contribution is -2.27. The first-order valence-corrected chi connectivity index (χ1v) is 11.6. The van der Waals surface area contributed by atoms with Gasteiger partial charge in [-0.2, -0.15) is 13.2 Å². The van der Waals surface area contributed by atoms with Crippen LogP contribution in [0.5, 0.6) is 0 Å². The van der Waals surface area contributed by atoms with Gasteiger partial charge in [0, 0.05) is 12.6 Å². The molecule has 2 aromatic heterocycles. The summed E-state index contributed by atoms with van der Waals surface area (Å²) in [5.74, 6) is 0.600. The topological polar surface area (TPSA) is 52.7 Å². The van der Waals surface area contributed by atoms with Crippen molar-refractivity contribution < 1.29 is 17.6 Å². The summed E-state index contributed by atoms with van der Waals surface area (Å²) in [5, 5.41) is 0.426. The molecular formula is C28H22F4N4O. The van der Waals surface area contributed by atoms with E-state index in [1.54, 1.807) is 24.3 Å². The van der Waals surface area contributed by atoms with Gasteiger partial charge in [-0.3, -0.25) is 9.36 Å². The molecule has 2 heterocycles. The standard InChI is InChI=1S/C28H22F4N4O/c1-17-16-35(25(33-17)15-19-7-9-20(10-8-19)28(30,31)32)18(2)26-34-24-6-4-3-5-23(24)27(37)36(26)22-13-11-21(29)12-14-22/h3-14,16,18H,15H2,1-2H3/t18-/m1/s1. The zero-order chi connectivity index (χ0) is 26.3. The second kappa shape index (κ2) is 9.31. The van der Waals surface area contributed by atoms with Crippen molar-refractivity contribution >= 4 is 10.9 Å². The summed E-state index contributed by atoms with van der Waals surface area (Å²) in [4.78, 5) is 23.0. The highest BCUT2D eigenvalue weighted by Crippen LogP contribution is 2.30. The van der Waals surface area contributed by atoms with Crippen LogP contribution in [0.1, 0.15) is 41.4 Å². The predicted octanol–water partition coefficient (Wildman–Crippen LogP) is 6.25. The minimum atomic E-state index is -4.41. The second-order valence-electron chi connectivity index (χ2n) is 8.86. The molecule has 188 valence electrons. The molecule has 1 atom stereocenters. The number of hydrogen-bond donors (Lipinski definition) is 0. The molecule has 5 aromatic rings. The largest absolute Gasteiger partial charge is 0.416 e. The third-order valence-corrected chi connectivity index (χ3v) is 6.25. The highest BCUT2D eigenvalue weighted by molar-refractivity contribution is 5.77. The Morgan fingerprint density at radius 2 is 1.59 bits per heavy atom. The average Bonchev–Trinajstić information content (AvgIpc) is 3.24. The first-order chi connectivity index (χ1) is 17.6. The minimum absolute atomic E-state index is 0.282. The number of hydrogen-bond acceptors (Lipinski definition) is 3. The number of imidazole rings is 1. The second-order valence-corrected chi connectivity index (χ2v) is 8.86. The Morgan fingerprint density at radius 1 is 0.919 bits per heavy atom. The van der Waals surface area contributed by atoms with E-state index in [2.05, 4.69) is 4.98 Å². The number of alkyl halides is 3. The lowest BCUT2D eigenvalue weighted by Gasteiger charge is -2.21. The Bertz CT molecular complexity index is 1630. The SMILES string of the molecule is Cc1cn([C@H](C)c2nc3ccccc3c(=O)n2-c2ccc(F)cc2)c(Cc2ccc(C(F)(F)F)cc2)n1. The Morgan fingerprint density at radius 3 is 2.27 bits per heavy atom. The van der Waals surface area contributed by atoms with Gasteiger partial charge in [0.25, 0.3) is 5.56 Å². The molecule has 9 heteroatoms. The number of rotatable bonds is 5. The van der Waals surface area contributed by atoms with Crippen molar-refractivity contribution in [2.45, 2.75) is 32.5 Å². The summed E-state index contributed by atoms with van der Waals surface area (Å²) in [5.41, 5.74) is 1.36. The lowest BCUT2D eigenvalue weighted by atomic mass is 10.1. The van der Waals surface area contributed by atoms with Crippen molar-refractivity contribution in [1.82, 2.24) is 19.1 Å². The van der Waals surface area contributed by atoms with E-state index in [4.69, 9.17) is 4.98 Å². The van der Waals surface area contributed by atoms with E-state index in [1.807, 2.05) is 24.6 Å². The summed E-state index contributed by atoms with van der Waals surface area (Å²) < 4.78 is 55.9. The van der Waals surface area contributed by atoms with Crippen LogP contribution in [0.4, 0.5) is 17.6 Å². The van der Waals surface area contributed by atoms with E-state index < -0.39 is 23.6 Å². The zero-order valence-corrected chi connectivity index (χ0v) is 20.0. The highest BCUT2D eigenvalue weighted by atomic mass is 19.4. The minimum Gasteiger partial charge on any atom is -0.324 e. The molecule has 0 radical (unpaired) electrons. The van der Waals surface area contributed by atoms with Crippen molar-refractivity contribution in [2.75, 3.05) is 0 Å². The van der Waals surface area contributed by atoms with E-state index in [0.29, 0.717) is 39.5 Å². The molecule has 5 nitrogen and oxygen atoms in total. The number of aryl methyl sites for hydroxylation is 1. The summed E-state index contributed by atoms with van der Waals surface area (Å²) in [6, 6.07) is 17.1. The highest BCUT2D eigenvalue weighted by Gasteiger charge is 2.30. The number of aromatic nitrogens is 4. The van der Waals surface area contributed by atoms with Gasteiger partial charge in [-0.15, -0.1) is 0 Å². The number of halogens is 4. The normalized spacial score (nSPS) is 12.7. The van der Waals surface area contributed by atoms with Crippen LogP contribution in [0, 0.1) is 12.7 Å². The molecule has 0 N–H and O–H groups in total. The van der Waals surface area contributed by atoms with Crippen LogP contribution < -0.4 is 5.56 Å². The van der Waals surface area contributed by atoms with Gasteiger partial charge in [0.15, 0.2) is 0 Å². The van der Waals surface area contributed by atoms with Crippen LogP contribution in [0.15, 0.2) is 83.8 Å². The number of fused-ring (bicyclic) bond motifs is 1. The maximum absolute atomic E-state index is 13.7. The molecule has 0 saturated heterocycles. The Hall–Kier alpha value is -4.27. The van der Waals surface area contributed by atoms with Gasteiger partial charge in [0.2, 0.25) is 0 Å². The number of para-hydroxylation sites is 1. The number of benzene rings is 3. The van der Waals surface area contributed by atoms with Crippen molar-refractivity contribution in [2.24, 2.45) is 0 Å². The molecule has 3 aromatic carbocycles. The smallest absolute Gasteiger partial charge is 0.324 e. The van der Waals surface area contributed by atoms with Gasteiger partial charge in [0.1, 0.15) is 17.5 Å². The molecule has 0 amide bonds. The summed E-state index contributed by atoms with van der Waals surface area (Å²) >= 11 is 0. The molecule has 0 spiro atoms. The van der Waals surface area contributed by atoms with Gasteiger partial charge in [-0.1, -0.05) is 24.3 Å². The molecule has 0 bridgehead atoms. The Labute approximate surface area is 209 Å². The van der Waals surface area contributed by atoms with E-state index in [-0.39, 0.29) is 12.0 Å². The van der Waals surface area contributed by atoms with Gasteiger partial charge in [-0.05, 0) is 67.9 Å². The van der Waals surface area contributed by atoms with Crippen molar-refractivity contribution in [3.05, 3.63) is 124 Å². The van der Waals surface area contributed by atoms with Gasteiger partial charge in [0.05, 0.1) is 33.9 Å². The maximum atomic E-state index is 13.7. The van der Waals surface area contributed by atoms with Gasteiger partial charge in [-0.25, -0.2) is 14.4 Å². The molecular weight excluding hydrogens is 484 g/mol. The van der Waals surface area contributed by atoms with Crippen LogP contribution in [-0.4, -0.2) is 19.1 Å². The average molecular weight is 507 g/mol. The molecule has 5 rings (SSSR count). The van der Waals surface area contributed by atoms with Crippen molar-refractivity contribution in [3.63, 3.8) is 0 Å².